The van der Waals surface area contributed by atoms with E-state index in [4.69, 9.17) is 4.74 Å². The van der Waals surface area contributed by atoms with Gasteiger partial charge in [-0.2, -0.15) is 0 Å². The summed E-state index contributed by atoms with van der Waals surface area (Å²) in [6.07, 6.45) is 6.21. The van der Waals surface area contributed by atoms with Crippen molar-refractivity contribution in [2.75, 3.05) is 13.2 Å². The van der Waals surface area contributed by atoms with Crippen molar-refractivity contribution in [2.45, 2.75) is 32.1 Å². The van der Waals surface area contributed by atoms with E-state index in [1.807, 2.05) is 30.3 Å². The number of hydrogen-bond acceptors (Lipinski definition) is 2. The molecule has 0 aromatic heterocycles. The predicted molar refractivity (Wildman–Crippen MR) is 69.1 cm³/mol. The molecule has 1 N–H and O–H groups in total. The monoisotopic (exact) mass is 234 g/mol. The van der Waals surface area contributed by atoms with Gasteiger partial charge >= 0.3 is 0 Å². The molecule has 0 radical (unpaired) electrons. The fraction of sp³-hybridized carbons (Fsp3) is 0.600. The third-order valence-corrected chi connectivity index (χ3v) is 3.80. The number of aliphatic hydroxyl groups is 1. The molecule has 0 spiro atoms. The first-order valence-corrected chi connectivity index (χ1v) is 6.69. The van der Waals surface area contributed by atoms with E-state index in [2.05, 4.69) is 0 Å². The highest BCUT2D eigenvalue weighted by Crippen LogP contribution is 2.32. The lowest BCUT2D eigenvalue weighted by Gasteiger charge is -2.21. The van der Waals surface area contributed by atoms with Gasteiger partial charge in [0.1, 0.15) is 5.75 Å². The molecular formula is C15H22O2. The summed E-state index contributed by atoms with van der Waals surface area (Å²) >= 11 is 0. The first-order valence-electron chi connectivity index (χ1n) is 6.69. The van der Waals surface area contributed by atoms with Crippen LogP contribution in [0.4, 0.5) is 0 Å². The van der Waals surface area contributed by atoms with Crippen LogP contribution in [0.3, 0.4) is 0 Å². The maximum Gasteiger partial charge on any atom is 0.119 e. The Kier molecular flexibility index (Phi) is 4.87. The second-order valence-corrected chi connectivity index (χ2v) is 4.94. The van der Waals surface area contributed by atoms with Crippen LogP contribution in [0.5, 0.6) is 5.75 Å². The van der Waals surface area contributed by atoms with Gasteiger partial charge in [-0.05, 0) is 30.4 Å². The Balaban J connectivity index is 1.72. The van der Waals surface area contributed by atoms with Gasteiger partial charge in [0.2, 0.25) is 0 Å². The molecule has 94 valence electrons. The van der Waals surface area contributed by atoms with Crippen LogP contribution in [-0.4, -0.2) is 18.3 Å². The highest BCUT2D eigenvalue weighted by atomic mass is 16.5. The summed E-state index contributed by atoms with van der Waals surface area (Å²) in [5.74, 6) is 2.08. The molecule has 1 unspecified atom stereocenters. The lowest BCUT2D eigenvalue weighted by Crippen LogP contribution is -2.19. The van der Waals surface area contributed by atoms with Crippen LogP contribution >= 0.6 is 0 Å². The highest BCUT2D eigenvalue weighted by molar-refractivity contribution is 5.20. The van der Waals surface area contributed by atoms with Gasteiger partial charge in [-0.15, -0.1) is 0 Å². The lowest BCUT2D eigenvalue weighted by molar-refractivity contribution is 0.146. The molecule has 2 nitrogen and oxygen atoms in total. The Morgan fingerprint density at radius 3 is 2.53 bits per heavy atom. The van der Waals surface area contributed by atoms with Crippen molar-refractivity contribution >= 4 is 0 Å². The minimum atomic E-state index is 0.308. The lowest BCUT2D eigenvalue weighted by atomic mass is 9.89. The summed E-state index contributed by atoms with van der Waals surface area (Å²) in [7, 11) is 0. The zero-order valence-corrected chi connectivity index (χ0v) is 10.3. The number of ether oxygens (including phenoxy) is 1. The van der Waals surface area contributed by atoms with E-state index < -0.39 is 0 Å². The van der Waals surface area contributed by atoms with Crippen molar-refractivity contribution in [3.63, 3.8) is 0 Å². The summed E-state index contributed by atoms with van der Waals surface area (Å²) in [5, 5.41) is 9.43. The molecule has 1 fully saturated rings. The molecular weight excluding hydrogens is 212 g/mol. The van der Waals surface area contributed by atoms with Crippen LogP contribution < -0.4 is 4.74 Å². The number of hydrogen-bond donors (Lipinski definition) is 1. The largest absolute Gasteiger partial charge is 0.494 e. The van der Waals surface area contributed by atoms with Crippen LogP contribution in [0, 0.1) is 11.8 Å². The van der Waals surface area contributed by atoms with E-state index in [0.29, 0.717) is 19.1 Å². The molecule has 2 heteroatoms. The average molecular weight is 234 g/mol. The van der Waals surface area contributed by atoms with Crippen molar-refractivity contribution in [3.8, 4) is 5.75 Å². The highest BCUT2D eigenvalue weighted by Gasteiger charge is 2.24. The van der Waals surface area contributed by atoms with Gasteiger partial charge < -0.3 is 9.84 Å². The topological polar surface area (TPSA) is 29.5 Å². The second-order valence-electron chi connectivity index (χ2n) is 4.94. The molecule has 0 aliphatic heterocycles. The van der Waals surface area contributed by atoms with E-state index in [9.17, 15) is 5.11 Å². The van der Waals surface area contributed by atoms with E-state index >= 15 is 0 Å². The third kappa shape index (κ3) is 3.74. The van der Waals surface area contributed by atoms with E-state index in [1.54, 1.807) is 0 Å². The van der Waals surface area contributed by atoms with Crippen molar-refractivity contribution in [1.82, 2.24) is 0 Å². The average Bonchev–Trinajstić information content (AvgIpc) is 2.90. The molecule has 0 bridgehead atoms. The minimum Gasteiger partial charge on any atom is -0.494 e. The third-order valence-electron chi connectivity index (χ3n) is 3.80. The smallest absolute Gasteiger partial charge is 0.119 e. The molecule has 2 rings (SSSR count). The van der Waals surface area contributed by atoms with Crippen LogP contribution in [0.15, 0.2) is 30.3 Å². The molecule has 1 aromatic rings. The Morgan fingerprint density at radius 1 is 1.18 bits per heavy atom. The van der Waals surface area contributed by atoms with Crippen LogP contribution in [0.2, 0.25) is 0 Å². The van der Waals surface area contributed by atoms with Gasteiger partial charge in [0.05, 0.1) is 6.61 Å². The summed E-state index contributed by atoms with van der Waals surface area (Å²) in [4.78, 5) is 0. The van der Waals surface area contributed by atoms with Crippen molar-refractivity contribution in [2.24, 2.45) is 11.8 Å². The molecule has 17 heavy (non-hydrogen) atoms. The fourth-order valence-electron chi connectivity index (χ4n) is 2.75. The molecule has 0 amide bonds. The van der Waals surface area contributed by atoms with E-state index in [-0.39, 0.29) is 0 Å². The van der Waals surface area contributed by atoms with Gasteiger partial charge in [-0.25, -0.2) is 0 Å². The molecule has 1 saturated carbocycles. The number of para-hydroxylation sites is 1. The molecule has 0 heterocycles. The minimum absolute atomic E-state index is 0.308. The van der Waals surface area contributed by atoms with Gasteiger partial charge in [-0.1, -0.05) is 43.9 Å². The van der Waals surface area contributed by atoms with Crippen molar-refractivity contribution in [3.05, 3.63) is 30.3 Å². The van der Waals surface area contributed by atoms with E-state index in [0.717, 1.165) is 18.1 Å². The Labute approximate surface area is 104 Å². The van der Waals surface area contributed by atoms with E-state index in [1.165, 1.54) is 25.7 Å². The van der Waals surface area contributed by atoms with Crippen LogP contribution in [0.1, 0.15) is 32.1 Å². The Bertz CT molecular complexity index is 304. The molecule has 0 saturated heterocycles. The second kappa shape index (κ2) is 6.65. The van der Waals surface area contributed by atoms with Crippen LogP contribution in [-0.2, 0) is 0 Å². The van der Waals surface area contributed by atoms with Gasteiger partial charge in [0, 0.05) is 6.61 Å². The molecule has 1 aliphatic carbocycles. The maximum absolute atomic E-state index is 9.43. The predicted octanol–water partition coefficient (Wildman–Crippen LogP) is 3.25. The maximum atomic E-state index is 9.43. The van der Waals surface area contributed by atoms with Crippen molar-refractivity contribution < 1.29 is 9.84 Å². The zero-order chi connectivity index (χ0) is 11.9. The van der Waals surface area contributed by atoms with Gasteiger partial charge in [0.15, 0.2) is 0 Å². The zero-order valence-electron chi connectivity index (χ0n) is 10.3. The quantitative estimate of drug-likeness (QED) is 0.818. The summed E-state index contributed by atoms with van der Waals surface area (Å²) < 4.78 is 5.69. The SMILES string of the molecule is OCC(CCOc1ccccc1)C1CCCC1. The number of rotatable bonds is 6. The standard InChI is InChI=1S/C15H22O2/c16-12-14(13-6-4-5-7-13)10-11-17-15-8-2-1-3-9-15/h1-3,8-9,13-14,16H,4-7,10-12H2. The summed E-state index contributed by atoms with van der Waals surface area (Å²) in [5.41, 5.74) is 0. The number of benzene rings is 1. The van der Waals surface area contributed by atoms with Gasteiger partial charge in [0.25, 0.3) is 0 Å². The first-order chi connectivity index (χ1) is 8.40. The first kappa shape index (κ1) is 12.4. The van der Waals surface area contributed by atoms with Crippen LogP contribution in [0.25, 0.3) is 0 Å². The van der Waals surface area contributed by atoms with Gasteiger partial charge in [-0.3, -0.25) is 0 Å². The summed E-state index contributed by atoms with van der Waals surface area (Å²) in [6.45, 7) is 1.02. The summed E-state index contributed by atoms with van der Waals surface area (Å²) in [6, 6.07) is 9.90. The molecule has 1 aromatic carbocycles. The molecule has 1 aliphatic rings. The normalized spacial score (nSPS) is 18.2. The Morgan fingerprint density at radius 2 is 1.88 bits per heavy atom. The number of aliphatic hydroxyl groups excluding tert-OH is 1. The molecule has 1 atom stereocenters. The fourth-order valence-corrected chi connectivity index (χ4v) is 2.75. The van der Waals surface area contributed by atoms with Crippen molar-refractivity contribution in [1.29, 1.82) is 0 Å². The Hall–Kier alpha value is -1.02.